The van der Waals surface area contributed by atoms with Crippen LogP contribution in [0.15, 0.2) is 42.5 Å². The van der Waals surface area contributed by atoms with Crippen LogP contribution in [0.4, 0.5) is 0 Å². The number of halogens is 1. The molecule has 2 aromatic carbocycles. The number of ether oxygens (including phenoxy) is 2. The molecule has 0 radical (unpaired) electrons. The monoisotopic (exact) mass is 303 g/mol. The van der Waals surface area contributed by atoms with Crippen molar-refractivity contribution in [2.24, 2.45) is 0 Å². The van der Waals surface area contributed by atoms with Crippen molar-refractivity contribution < 1.29 is 9.47 Å². The lowest BCUT2D eigenvalue weighted by molar-refractivity contribution is 0.304. The Morgan fingerprint density at radius 1 is 1.29 bits per heavy atom. The highest BCUT2D eigenvalue weighted by atomic mass is 35.5. The van der Waals surface area contributed by atoms with Crippen LogP contribution in [0.3, 0.4) is 0 Å². The molecule has 3 nitrogen and oxygen atoms in total. The zero-order valence-corrected chi connectivity index (χ0v) is 12.9. The van der Waals surface area contributed by atoms with Crippen LogP contribution in [-0.4, -0.2) is 20.8 Å². The molecule has 1 heterocycles. The molecule has 1 aliphatic rings. The fourth-order valence-corrected chi connectivity index (χ4v) is 3.21. The maximum Gasteiger partial charge on any atom is 0.137 e. The van der Waals surface area contributed by atoms with Gasteiger partial charge in [0, 0.05) is 17.5 Å². The summed E-state index contributed by atoms with van der Waals surface area (Å²) in [7, 11) is 3.58. The minimum atomic E-state index is 0.150. The van der Waals surface area contributed by atoms with E-state index >= 15 is 0 Å². The molecule has 2 unspecified atom stereocenters. The molecule has 2 atom stereocenters. The summed E-state index contributed by atoms with van der Waals surface area (Å²) in [6.45, 7) is 0.675. The average molecular weight is 304 g/mol. The third-order valence-corrected chi connectivity index (χ3v) is 4.28. The Hall–Kier alpha value is -1.71. The molecule has 0 saturated heterocycles. The van der Waals surface area contributed by atoms with Crippen molar-refractivity contribution in [3.8, 4) is 11.5 Å². The van der Waals surface area contributed by atoms with Gasteiger partial charge in [-0.15, -0.1) is 0 Å². The number of fused-ring (bicyclic) bond motifs is 1. The Morgan fingerprint density at radius 3 is 2.81 bits per heavy atom. The summed E-state index contributed by atoms with van der Waals surface area (Å²) < 4.78 is 11.0. The minimum absolute atomic E-state index is 0.150. The van der Waals surface area contributed by atoms with Gasteiger partial charge in [-0.25, -0.2) is 0 Å². The third kappa shape index (κ3) is 2.59. The maximum absolute atomic E-state index is 6.25. The van der Waals surface area contributed by atoms with Crippen LogP contribution in [0.25, 0.3) is 0 Å². The lowest BCUT2D eigenvalue weighted by atomic mass is 9.88. The van der Waals surface area contributed by atoms with Crippen LogP contribution in [0, 0.1) is 0 Å². The first-order chi connectivity index (χ1) is 10.2. The van der Waals surface area contributed by atoms with E-state index in [2.05, 4.69) is 11.4 Å². The van der Waals surface area contributed by atoms with Crippen LogP contribution < -0.4 is 14.8 Å². The molecule has 0 amide bonds. The van der Waals surface area contributed by atoms with Gasteiger partial charge in [-0.2, -0.15) is 0 Å². The van der Waals surface area contributed by atoms with Crippen molar-refractivity contribution in [2.75, 3.05) is 20.8 Å². The van der Waals surface area contributed by atoms with E-state index in [1.54, 1.807) is 7.11 Å². The molecule has 21 heavy (non-hydrogen) atoms. The van der Waals surface area contributed by atoms with Crippen molar-refractivity contribution in [1.29, 1.82) is 0 Å². The number of para-hydroxylation sites is 1. The van der Waals surface area contributed by atoms with Crippen LogP contribution in [0.5, 0.6) is 11.5 Å². The first kappa shape index (κ1) is 14.2. The lowest BCUT2D eigenvalue weighted by Gasteiger charge is -2.23. The predicted molar refractivity (Wildman–Crippen MR) is 84.5 cm³/mol. The average Bonchev–Trinajstić information content (AvgIpc) is 2.93. The van der Waals surface area contributed by atoms with E-state index in [0.29, 0.717) is 17.4 Å². The van der Waals surface area contributed by atoms with E-state index in [1.807, 2.05) is 43.4 Å². The summed E-state index contributed by atoms with van der Waals surface area (Å²) >= 11 is 6.25. The third-order valence-electron chi connectivity index (χ3n) is 3.99. The van der Waals surface area contributed by atoms with Crippen molar-refractivity contribution in [3.05, 3.63) is 58.6 Å². The summed E-state index contributed by atoms with van der Waals surface area (Å²) in [5.41, 5.74) is 2.37. The van der Waals surface area contributed by atoms with Gasteiger partial charge in [0.1, 0.15) is 11.5 Å². The molecule has 3 rings (SSSR count). The second-order valence-corrected chi connectivity index (χ2v) is 5.52. The first-order valence-electron chi connectivity index (χ1n) is 6.97. The number of likely N-dealkylation sites (N-methyl/N-ethyl adjacent to an activating group) is 1. The van der Waals surface area contributed by atoms with Gasteiger partial charge in [-0.3, -0.25) is 0 Å². The molecule has 0 spiro atoms. The van der Waals surface area contributed by atoms with Crippen LogP contribution in [-0.2, 0) is 0 Å². The highest BCUT2D eigenvalue weighted by Gasteiger charge is 2.31. The summed E-state index contributed by atoms with van der Waals surface area (Å²) in [4.78, 5) is 0. The second kappa shape index (κ2) is 5.96. The van der Waals surface area contributed by atoms with Crippen LogP contribution in [0.1, 0.15) is 23.1 Å². The maximum atomic E-state index is 6.25. The predicted octanol–water partition coefficient (Wildman–Crippen LogP) is 3.79. The number of methoxy groups -OCH3 is 1. The van der Waals surface area contributed by atoms with Crippen molar-refractivity contribution in [3.63, 3.8) is 0 Å². The van der Waals surface area contributed by atoms with Gasteiger partial charge in [-0.05, 0) is 30.8 Å². The SMILES string of the molecule is CNC(c1ccc(OC)c(Cl)c1)C1COc2ccccc21. The molecule has 2 aromatic rings. The first-order valence-corrected chi connectivity index (χ1v) is 7.35. The normalized spacial score (nSPS) is 18.0. The van der Waals surface area contributed by atoms with E-state index in [1.165, 1.54) is 5.56 Å². The zero-order chi connectivity index (χ0) is 14.8. The van der Waals surface area contributed by atoms with E-state index in [9.17, 15) is 0 Å². The van der Waals surface area contributed by atoms with E-state index in [-0.39, 0.29) is 12.0 Å². The molecule has 1 N–H and O–H groups in total. The van der Waals surface area contributed by atoms with Crippen molar-refractivity contribution in [2.45, 2.75) is 12.0 Å². The van der Waals surface area contributed by atoms with Crippen molar-refractivity contribution in [1.82, 2.24) is 5.32 Å². The van der Waals surface area contributed by atoms with Crippen molar-refractivity contribution >= 4 is 11.6 Å². The molecule has 0 saturated carbocycles. The number of nitrogens with one attached hydrogen (secondary N) is 1. The van der Waals surface area contributed by atoms with Crippen LogP contribution >= 0.6 is 11.6 Å². The van der Waals surface area contributed by atoms with Gasteiger partial charge < -0.3 is 14.8 Å². The Kier molecular flexibility index (Phi) is 4.04. The van der Waals surface area contributed by atoms with Gasteiger partial charge in [0.25, 0.3) is 0 Å². The Bertz CT molecular complexity index is 644. The molecule has 0 bridgehead atoms. The quantitative estimate of drug-likeness (QED) is 0.932. The molecular weight excluding hydrogens is 286 g/mol. The highest BCUT2D eigenvalue weighted by molar-refractivity contribution is 6.32. The van der Waals surface area contributed by atoms with E-state index < -0.39 is 0 Å². The summed E-state index contributed by atoms with van der Waals surface area (Å²) in [5, 5.41) is 4.01. The van der Waals surface area contributed by atoms with Gasteiger partial charge in [-0.1, -0.05) is 35.9 Å². The minimum Gasteiger partial charge on any atom is -0.495 e. The molecule has 110 valence electrons. The molecule has 0 aliphatic carbocycles. The summed E-state index contributed by atoms with van der Waals surface area (Å²) in [6.07, 6.45) is 0. The van der Waals surface area contributed by atoms with Gasteiger partial charge >= 0.3 is 0 Å². The Balaban J connectivity index is 1.95. The fourth-order valence-electron chi connectivity index (χ4n) is 2.94. The molecule has 0 aromatic heterocycles. The van der Waals surface area contributed by atoms with Crippen LogP contribution in [0.2, 0.25) is 5.02 Å². The summed E-state index contributed by atoms with van der Waals surface area (Å²) in [5.74, 6) is 1.94. The number of hydrogen-bond acceptors (Lipinski definition) is 3. The molecule has 1 aliphatic heterocycles. The second-order valence-electron chi connectivity index (χ2n) is 5.12. The topological polar surface area (TPSA) is 30.5 Å². The van der Waals surface area contributed by atoms with E-state index in [4.69, 9.17) is 21.1 Å². The van der Waals surface area contributed by atoms with E-state index in [0.717, 1.165) is 11.3 Å². The summed E-state index contributed by atoms with van der Waals surface area (Å²) in [6, 6.07) is 14.3. The number of benzene rings is 2. The Morgan fingerprint density at radius 2 is 2.10 bits per heavy atom. The lowest BCUT2D eigenvalue weighted by Crippen LogP contribution is -2.24. The fraction of sp³-hybridized carbons (Fsp3) is 0.294. The molecule has 4 heteroatoms. The largest absolute Gasteiger partial charge is 0.495 e. The number of rotatable bonds is 4. The van der Waals surface area contributed by atoms with Gasteiger partial charge in [0.05, 0.1) is 18.7 Å². The molecule has 0 fully saturated rings. The molecular formula is C17H18ClNO2. The number of hydrogen-bond donors (Lipinski definition) is 1. The zero-order valence-electron chi connectivity index (χ0n) is 12.1. The van der Waals surface area contributed by atoms with Gasteiger partial charge in [0.15, 0.2) is 0 Å². The highest BCUT2D eigenvalue weighted by Crippen LogP contribution is 2.42. The Labute approximate surface area is 129 Å². The standard InChI is InChI=1S/C17H18ClNO2/c1-19-17(11-7-8-16(20-2)14(18)9-11)13-10-21-15-6-4-3-5-12(13)15/h3-9,13,17,19H,10H2,1-2H3. The van der Waals surface area contributed by atoms with Gasteiger partial charge in [0.2, 0.25) is 0 Å². The smallest absolute Gasteiger partial charge is 0.137 e.